The molecule has 158 valence electrons. The van der Waals surface area contributed by atoms with Gasteiger partial charge in [-0.15, -0.1) is 0 Å². The Kier molecular flexibility index (Phi) is 4.90. The van der Waals surface area contributed by atoms with Crippen LogP contribution in [-0.4, -0.2) is 31.5 Å². The normalized spacial score (nSPS) is 17.0. The first-order chi connectivity index (χ1) is 15.4. The van der Waals surface area contributed by atoms with Crippen LogP contribution in [0.5, 0.6) is 0 Å². The highest BCUT2D eigenvalue weighted by molar-refractivity contribution is 8.27. The first-order valence-electron chi connectivity index (χ1n) is 10.2. The SMILES string of the molecule is Cc1ccccc1-n1c(C)cc(/C=C2\C(=N)N3N=C(c4ccccc4)SC3=NC2=O)c1C. The van der Waals surface area contributed by atoms with E-state index in [0.717, 1.165) is 33.2 Å². The van der Waals surface area contributed by atoms with Gasteiger partial charge in [-0.1, -0.05) is 48.5 Å². The number of carbonyl (C=O) groups is 1. The quantitative estimate of drug-likeness (QED) is 0.579. The molecule has 0 radical (unpaired) electrons. The number of fused-ring (bicyclic) bond motifs is 1. The maximum atomic E-state index is 12.8. The van der Waals surface area contributed by atoms with Gasteiger partial charge in [-0.05, 0) is 61.9 Å². The van der Waals surface area contributed by atoms with Gasteiger partial charge >= 0.3 is 0 Å². The Balaban J connectivity index is 1.53. The predicted octanol–water partition coefficient (Wildman–Crippen LogP) is 5.07. The Morgan fingerprint density at radius 2 is 1.72 bits per heavy atom. The van der Waals surface area contributed by atoms with Crippen LogP contribution >= 0.6 is 11.8 Å². The predicted molar refractivity (Wildman–Crippen MR) is 131 cm³/mol. The summed E-state index contributed by atoms with van der Waals surface area (Å²) >= 11 is 1.31. The maximum absolute atomic E-state index is 12.8. The molecule has 2 aromatic carbocycles. The zero-order valence-corrected chi connectivity index (χ0v) is 18.8. The molecule has 6 nitrogen and oxygen atoms in total. The number of benzene rings is 2. The van der Waals surface area contributed by atoms with E-state index in [9.17, 15) is 4.79 Å². The lowest BCUT2D eigenvalue weighted by Crippen LogP contribution is -2.35. The number of aliphatic imine (C=N–C) groups is 1. The summed E-state index contributed by atoms with van der Waals surface area (Å²) < 4.78 is 2.17. The van der Waals surface area contributed by atoms with Crippen LogP contribution in [0.2, 0.25) is 0 Å². The van der Waals surface area contributed by atoms with Crippen molar-refractivity contribution in [2.24, 2.45) is 10.1 Å². The number of hydrogen-bond donors (Lipinski definition) is 1. The van der Waals surface area contributed by atoms with E-state index in [1.54, 1.807) is 6.08 Å². The van der Waals surface area contributed by atoms with Crippen molar-refractivity contribution in [3.8, 4) is 5.69 Å². The highest BCUT2D eigenvalue weighted by Gasteiger charge is 2.36. The summed E-state index contributed by atoms with van der Waals surface area (Å²) in [6.07, 6.45) is 1.75. The van der Waals surface area contributed by atoms with Gasteiger partial charge in [-0.25, -0.2) is 0 Å². The van der Waals surface area contributed by atoms with Crippen molar-refractivity contribution in [1.82, 2.24) is 9.58 Å². The van der Waals surface area contributed by atoms with E-state index in [2.05, 4.69) is 33.7 Å². The molecule has 32 heavy (non-hydrogen) atoms. The highest BCUT2D eigenvalue weighted by Crippen LogP contribution is 2.32. The lowest BCUT2D eigenvalue weighted by Gasteiger charge is -2.20. The Morgan fingerprint density at radius 1 is 1.00 bits per heavy atom. The standard InChI is InChI=1S/C25H21N5OS/c1-15-9-7-8-12-21(15)29-16(2)13-19(17(29)3)14-20-22(26)30-25(27-23(20)31)32-24(28-30)18-10-5-4-6-11-18/h4-14,26H,1-3H3/b20-14+,26-22?. The second-order valence-electron chi connectivity index (χ2n) is 7.74. The molecule has 0 spiro atoms. The summed E-state index contributed by atoms with van der Waals surface area (Å²) in [5, 5.41) is 15.8. The van der Waals surface area contributed by atoms with Gasteiger partial charge in [0, 0.05) is 22.6 Å². The van der Waals surface area contributed by atoms with Crippen molar-refractivity contribution >= 4 is 39.8 Å². The van der Waals surface area contributed by atoms with Gasteiger partial charge in [0.25, 0.3) is 5.91 Å². The average molecular weight is 440 g/mol. The molecular weight excluding hydrogens is 418 g/mol. The minimum Gasteiger partial charge on any atom is -0.318 e. The lowest BCUT2D eigenvalue weighted by molar-refractivity contribution is -0.114. The molecule has 0 aliphatic carbocycles. The zero-order valence-electron chi connectivity index (χ0n) is 18.0. The van der Waals surface area contributed by atoms with Crippen LogP contribution in [0.4, 0.5) is 0 Å². The van der Waals surface area contributed by atoms with E-state index in [1.807, 2.05) is 62.4 Å². The van der Waals surface area contributed by atoms with Gasteiger partial charge in [-0.2, -0.15) is 15.1 Å². The Bertz CT molecular complexity index is 1360. The molecule has 0 bridgehead atoms. The number of amides is 1. The molecule has 5 rings (SSSR count). The molecule has 3 heterocycles. The van der Waals surface area contributed by atoms with E-state index in [0.29, 0.717) is 5.17 Å². The fraction of sp³-hybridized carbons (Fsp3) is 0.120. The number of aryl methyl sites for hydroxylation is 2. The largest absolute Gasteiger partial charge is 0.318 e. The first-order valence-corrected chi connectivity index (χ1v) is 11.1. The molecule has 0 fully saturated rings. The molecular formula is C25H21N5OS. The highest BCUT2D eigenvalue weighted by atomic mass is 32.2. The maximum Gasteiger partial charge on any atom is 0.283 e. The molecule has 1 aromatic heterocycles. The average Bonchev–Trinajstić information content (AvgIpc) is 3.33. The fourth-order valence-electron chi connectivity index (χ4n) is 3.96. The van der Waals surface area contributed by atoms with Gasteiger partial charge in [0.1, 0.15) is 5.04 Å². The second kappa shape index (κ2) is 7.76. The third kappa shape index (κ3) is 3.31. The van der Waals surface area contributed by atoms with Crippen LogP contribution in [-0.2, 0) is 4.79 Å². The molecule has 2 aliphatic heterocycles. The smallest absolute Gasteiger partial charge is 0.283 e. The number of aromatic nitrogens is 1. The summed E-state index contributed by atoms with van der Waals surface area (Å²) in [5.41, 5.74) is 6.38. The number of nitrogens with one attached hydrogen (secondary N) is 1. The van der Waals surface area contributed by atoms with Gasteiger partial charge in [-0.3, -0.25) is 10.2 Å². The van der Waals surface area contributed by atoms with E-state index >= 15 is 0 Å². The molecule has 0 saturated carbocycles. The third-order valence-electron chi connectivity index (χ3n) is 5.60. The molecule has 1 N–H and O–H groups in total. The first kappa shape index (κ1) is 20.2. The summed E-state index contributed by atoms with van der Waals surface area (Å²) in [7, 11) is 0. The van der Waals surface area contributed by atoms with Gasteiger partial charge in [0.05, 0.1) is 5.57 Å². The molecule has 1 amide bonds. The van der Waals surface area contributed by atoms with Crippen molar-refractivity contribution in [2.45, 2.75) is 20.8 Å². The summed E-state index contributed by atoms with van der Waals surface area (Å²) in [4.78, 5) is 17.0. The molecule has 2 aliphatic rings. The van der Waals surface area contributed by atoms with E-state index in [4.69, 9.17) is 5.41 Å². The number of carbonyl (C=O) groups excluding carboxylic acids is 1. The lowest BCUT2D eigenvalue weighted by atomic mass is 10.1. The minimum atomic E-state index is -0.418. The summed E-state index contributed by atoms with van der Waals surface area (Å²) in [6, 6.07) is 19.9. The molecule has 0 atom stereocenters. The van der Waals surface area contributed by atoms with Crippen molar-refractivity contribution in [3.63, 3.8) is 0 Å². The zero-order chi connectivity index (χ0) is 22.4. The number of hydrazone groups is 1. The summed E-state index contributed by atoms with van der Waals surface area (Å²) in [6.45, 7) is 6.14. The second-order valence-corrected chi connectivity index (χ2v) is 8.70. The van der Waals surface area contributed by atoms with Crippen LogP contribution in [0, 0.1) is 26.2 Å². The summed E-state index contributed by atoms with van der Waals surface area (Å²) in [5.74, 6) is -0.377. The van der Waals surface area contributed by atoms with Gasteiger partial charge < -0.3 is 4.57 Å². The molecule has 3 aromatic rings. The van der Waals surface area contributed by atoms with Crippen LogP contribution in [0.25, 0.3) is 11.8 Å². The van der Waals surface area contributed by atoms with Crippen molar-refractivity contribution in [1.29, 1.82) is 5.41 Å². The Morgan fingerprint density at radius 3 is 2.47 bits per heavy atom. The number of hydrogen-bond acceptors (Lipinski definition) is 4. The molecule has 0 unspecified atom stereocenters. The van der Waals surface area contributed by atoms with Crippen LogP contribution in [0.1, 0.15) is 28.1 Å². The van der Waals surface area contributed by atoms with Gasteiger partial charge in [0.2, 0.25) is 5.17 Å². The topological polar surface area (TPSA) is 73.8 Å². The number of rotatable bonds is 3. The number of para-hydroxylation sites is 1. The third-order valence-corrected chi connectivity index (χ3v) is 6.56. The fourth-order valence-corrected chi connectivity index (χ4v) is 4.86. The number of amidine groups is 2. The molecule has 7 heteroatoms. The van der Waals surface area contributed by atoms with Crippen molar-refractivity contribution < 1.29 is 4.79 Å². The van der Waals surface area contributed by atoms with Crippen molar-refractivity contribution in [3.05, 3.63) is 94.3 Å². The van der Waals surface area contributed by atoms with Crippen LogP contribution < -0.4 is 0 Å². The van der Waals surface area contributed by atoms with E-state index in [1.165, 1.54) is 22.3 Å². The Hall–Kier alpha value is -3.71. The number of nitrogens with zero attached hydrogens (tertiary/aromatic N) is 4. The van der Waals surface area contributed by atoms with Crippen LogP contribution in [0.3, 0.4) is 0 Å². The van der Waals surface area contributed by atoms with Gasteiger partial charge in [0.15, 0.2) is 5.84 Å². The van der Waals surface area contributed by atoms with E-state index < -0.39 is 5.91 Å². The Labute approximate surface area is 190 Å². The van der Waals surface area contributed by atoms with E-state index in [-0.39, 0.29) is 11.4 Å². The minimum absolute atomic E-state index is 0.0409. The van der Waals surface area contributed by atoms with Crippen LogP contribution in [0.15, 0.2) is 76.3 Å². The monoisotopic (exact) mass is 439 g/mol. The molecule has 0 saturated heterocycles. The number of thioether (sulfide) groups is 1. The van der Waals surface area contributed by atoms with Crippen molar-refractivity contribution in [2.75, 3.05) is 0 Å².